The number of pyridine rings is 1. The number of hydrogen-bond donors (Lipinski definition) is 0. The zero-order chi connectivity index (χ0) is 25.3. The Kier molecular flexibility index (Phi) is 6.75. The van der Waals surface area contributed by atoms with Crippen molar-refractivity contribution in [2.45, 2.75) is 24.9 Å². The fraction of sp³-hybridized carbons (Fsp3) is 0.458. The molecule has 0 radical (unpaired) electrons. The Morgan fingerprint density at radius 2 is 1.83 bits per heavy atom. The van der Waals surface area contributed by atoms with Crippen LogP contribution in [0.3, 0.4) is 0 Å². The van der Waals surface area contributed by atoms with Gasteiger partial charge in [-0.05, 0) is 18.2 Å². The molecule has 2 fully saturated rings. The molecule has 2 aromatic heterocycles. The summed E-state index contributed by atoms with van der Waals surface area (Å²) in [5.41, 5.74) is 3.41. The Morgan fingerprint density at radius 3 is 2.56 bits per heavy atom. The minimum atomic E-state index is -3.32. The highest BCUT2D eigenvalue weighted by Gasteiger charge is 2.34. The van der Waals surface area contributed by atoms with Crippen LogP contribution in [0, 0.1) is 0 Å². The number of nitrogens with zero attached hydrogens (tertiary/aromatic N) is 5. The largest absolute Gasteiger partial charge is 0.473 e. The summed E-state index contributed by atoms with van der Waals surface area (Å²) in [6, 6.07) is 9.40. The molecule has 2 aliphatic rings. The number of fused-ring (bicyclic) bond motifs is 1. The second-order valence-electron chi connectivity index (χ2n) is 9.05. The van der Waals surface area contributed by atoms with Gasteiger partial charge in [-0.2, -0.15) is 4.31 Å². The first kappa shape index (κ1) is 24.7. The summed E-state index contributed by atoms with van der Waals surface area (Å²) in [5.74, 6) is -2.31. The van der Waals surface area contributed by atoms with Gasteiger partial charge in [0.2, 0.25) is 15.9 Å². The molecule has 1 atom stereocenters. The van der Waals surface area contributed by atoms with Gasteiger partial charge in [0.05, 0.1) is 24.1 Å². The molecule has 12 heteroatoms. The van der Waals surface area contributed by atoms with Crippen molar-refractivity contribution in [3.8, 4) is 17.1 Å². The van der Waals surface area contributed by atoms with E-state index in [1.165, 1.54) is 10.6 Å². The van der Waals surface area contributed by atoms with Gasteiger partial charge in [-0.1, -0.05) is 12.1 Å². The molecule has 9 nitrogen and oxygen atoms in total. The molecule has 5 rings (SSSR count). The summed E-state index contributed by atoms with van der Waals surface area (Å²) < 4.78 is 63.8. The highest BCUT2D eigenvalue weighted by atomic mass is 32.2. The number of piperidine rings is 1. The Hall–Kier alpha value is -2.96. The molecule has 0 spiro atoms. The topological polar surface area (TPSA) is 97.8 Å². The molecular weight excluding hydrogens is 492 g/mol. The lowest BCUT2D eigenvalue weighted by atomic mass is 10.0. The third-order valence-corrected chi connectivity index (χ3v) is 7.69. The van der Waals surface area contributed by atoms with Gasteiger partial charge in [-0.15, -0.1) is 0 Å². The van der Waals surface area contributed by atoms with Crippen LogP contribution >= 0.6 is 0 Å². The average Bonchev–Trinajstić information content (AvgIpc) is 2.87. The van der Waals surface area contributed by atoms with Crippen LogP contribution in [0.25, 0.3) is 22.3 Å². The molecule has 192 valence electrons. The molecule has 0 bridgehead atoms. The van der Waals surface area contributed by atoms with Crippen LogP contribution in [0.4, 0.5) is 14.5 Å². The monoisotopic (exact) mass is 519 g/mol. The van der Waals surface area contributed by atoms with E-state index in [-0.39, 0.29) is 38.5 Å². The first-order chi connectivity index (χ1) is 17.2. The van der Waals surface area contributed by atoms with Crippen molar-refractivity contribution in [1.82, 2.24) is 19.3 Å². The predicted molar refractivity (Wildman–Crippen MR) is 131 cm³/mol. The zero-order valence-electron chi connectivity index (χ0n) is 19.8. The van der Waals surface area contributed by atoms with Crippen LogP contribution in [-0.2, 0) is 14.8 Å². The van der Waals surface area contributed by atoms with Crippen molar-refractivity contribution in [2.75, 3.05) is 50.5 Å². The van der Waals surface area contributed by atoms with Crippen LogP contribution in [0.15, 0.2) is 42.7 Å². The quantitative estimate of drug-likeness (QED) is 0.490. The lowest BCUT2D eigenvalue weighted by molar-refractivity contribution is -0.0252. The van der Waals surface area contributed by atoms with Crippen LogP contribution < -0.4 is 9.64 Å². The number of aromatic nitrogens is 3. The number of hydrogen-bond acceptors (Lipinski definition) is 8. The highest BCUT2D eigenvalue weighted by molar-refractivity contribution is 7.88. The lowest BCUT2D eigenvalue weighted by Crippen LogP contribution is -2.47. The molecule has 0 amide bonds. The van der Waals surface area contributed by atoms with Gasteiger partial charge in [-0.3, -0.25) is 4.98 Å². The molecule has 0 aliphatic carbocycles. The maximum atomic E-state index is 13.5. The number of morpholine rings is 1. The number of sulfonamides is 1. The van der Waals surface area contributed by atoms with Gasteiger partial charge >= 0.3 is 0 Å². The fourth-order valence-electron chi connectivity index (χ4n) is 4.39. The van der Waals surface area contributed by atoms with Crippen LogP contribution in [0.5, 0.6) is 5.88 Å². The molecule has 0 N–H and O–H groups in total. The Morgan fingerprint density at radius 1 is 1.11 bits per heavy atom. The predicted octanol–water partition coefficient (Wildman–Crippen LogP) is 2.97. The molecular formula is C24H27F2N5O4S. The smallest absolute Gasteiger partial charge is 0.251 e. The molecule has 1 aromatic carbocycles. The summed E-state index contributed by atoms with van der Waals surface area (Å²) in [5, 5.41) is 0. The Labute approximate surface area is 208 Å². The van der Waals surface area contributed by atoms with Gasteiger partial charge in [-0.25, -0.2) is 27.2 Å². The number of alkyl halides is 2. The standard InChI is InChI=1S/C24H27F2N5O4S/c1-36(32,33)31-12-13-34-19(15-31)16-35-23-22-21(27-8-9-28-22)14-20(29-23)17-2-4-18(5-3-17)30-10-6-24(25,26)7-11-30/h2-5,8-9,14,19H,6-7,10-13,15-16H2,1H3/t19-/m0/s1. The molecule has 0 saturated carbocycles. The summed E-state index contributed by atoms with van der Waals surface area (Å²) in [7, 11) is -3.32. The van der Waals surface area contributed by atoms with E-state index in [0.29, 0.717) is 36.4 Å². The summed E-state index contributed by atoms with van der Waals surface area (Å²) >= 11 is 0. The van der Waals surface area contributed by atoms with E-state index in [4.69, 9.17) is 9.47 Å². The van der Waals surface area contributed by atoms with E-state index >= 15 is 0 Å². The summed E-state index contributed by atoms with van der Waals surface area (Å²) in [6.07, 6.45) is 3.58. The van der Waals surface area contributed by atoms with Gasteiger partial charge < -0.3 is 14.4 Å². The van der Waals surface area contributed by atoms with E-state index in [0.717, 1.165) is 11.3 Å². The van der Waals surface area contributed by atoms with Crippen LogP contribution in [0.2, 0.25) is 0 Å². The third kappa shape index (κ3) is 5.55. The first-order valence-corrected chi connectivity index (χ1v) is 13.6. The van der Waals surface area contributed by atoms with Gasteiger partial charge in [0.15, 0.2) is 5.52 Å². The fourth-order valence-corrected chi connectivity index (χ4v) is 5.24. The minimum absolute atomic E-state index is 0.104. The van der Waals surface area contributed by atoms with E-state index in [2.05, 4.69) is 15.0 Å². The van der Waals surface area contributed by atoms with Crippen molar-refractivity contribution in [3.05, 3.63) is 42.7 Å². The summed E-state index contributed by atoms with van der Waals surface area (Å²) in [6.45, 7) is 1.53. The van der Waals surface area contributed by atoms with Gasteiger partial charge in [0.1, 0.15) is 12.7 Å². The second kappa shape index (κ2) is 9.83. The number of ether oxygens (including phenoxy) is 2. The number of anilines is 1. The molecule has 2 saturated heterocycles. The highest BCUT2D eigenvalue weighted by Crippen LogP contribution is 2.32. The lowest BCUT2D eigenvalue weighted by Gasteiger charge is -2.33. The van der Waals surface area contributed by atoms with Gasteiger partial charge in [0.25, 0.3) is 5.92 Å². The van der Waals surface area contributed by atoms with Crippen LogP contribution in [-0.4, -0.2) is 85.4 Å². The molecule has 0 unspecified atom stereocenters. The number of halogens is 2. The van der Waals surface area contributed by atoms with E-state index in [1.54, 1.807) is 12.4 Å². The van der Waals surface area contributed by atoms with Crippen LogP contribution in [0.1, 0.15) is 12.8 Å². The SMILES string of the molecule is CS(=O)(=O)N1CCO[C@H](COc2nc(-c3ccc(N4CCC(F)(F)CC4)cc3)cc3nccnc23)C1. The number of rotatable bonds is 6. The third-order valence-electron chi connectivity index (χ3n) is 6.42. The van der Waals surface area contributed by atoms with Gasteiger partial charge in [0, 0.05) is 62.7 Å². The van der Waals surface area contributed by atoms with Crippen molar-refractivity contribution in [3.63, 3.8) is 0 Å². The van der Waals surface area contributed by atoms with E-state index in [1.807, 2.05) is 35.2 Å². The number of benzene rings is 1. The van der Waals surface area contributed by atoms with Crippen molar-refractivity contribution < 1.29 is 26.7 Å². The average molecular weight is 520 g/mol. The Bertz CT molecular complexity index is 1330. The molecule has 4 heterocycles. The molecule has 36 heavy (non-hydrogen) atoms. The molecule has 2 aliphatic heterocycles. The normalized spacial score (nSPS) is 21.0. The second-order valence-corrected chi connectivity index (χ2v) is 11.0. The van der Waals surface area contributed by atoms with E-state index in [9.17, 15) is 17.2 Å². The molecule has 3 aromatic rings. The summed E-state index contributed by atoms with van der Waals surface area (Å²) in [4.78, 5) is 15.4. The Balaban J connectivity index is 1.35. The maximum Gasteiger partial charge on any atom is 0.251 e. The zero-order valence-corrected chi connectivity index (χ0v) is 20.6. The van der Waals surface area contributed by atoms with Crippen molar-refractivity contribution in [2.24, 2.45) is 0 Å². The maximum absolute atomic E-state index is 13.5. The van der Waals surface area contributed by atoms with Crippen molar-refractivity contribution in [1.29, 1.82) is 0 Å². The first-order valence-electron chi connectivity index (χ1n) is 11.7. The minimum Gasteiger partial charge on any atom is -0.473 e. The van der Waals surface area contributed by atoms with Crippen molar-refractivity contribution >= 4 is 26.7 Å². The van der Waals surface area contributed by atoms with E-state index < -0.39 is 22.0 Å².